The van der Waals surface area contributed by atoms with Crippen LogP contribution in [0.1, 0.15) is 0 Å². The highest BCUT2D eigenvalue weighted by Gasteiger charge is 2.21. The second kappa shape index (κ2) is 3.61. The Hall–Kier alpha value is -0.863. The monoisotopic (exact) mass is 235 g/mol. The SMILES string of the molecule is C[Si](C)(C)c1cnc2ccccc2c1Cl. The van der Waals surface area contributed by atoms with Gasteiger partial charge in [-0.15, -0.1) is 0 Å². The number of hydrogen-bond donors (Lipinski definition) is 0. The van der Waals surface area contributed by atoms with Gasteiger partial charge < -0.3 is 0 Å². The van der Waals surface area contributed by atoms with Crippen molar-refractivity contribution in [3.63, 3.8) is 0 Å². The van der Waals surface area contributed by atoms with Crippen LogP contribution >= 0.6 is 11.6 Å². The molecule has 15 heavy (non-hydrogen) atoms. The molecule has 1 aromatic heterocycles. The summed E-state index contributed by atoms with van der Waals surface area (Å²) in [6, 6.07) is 8.02. The number of aromatic nitrogens is 1. The fraction of sp³-hybridized carbons (Fsp3) is 0.250. The maximum atomic E-state index is 6.42. The Bertz CT molecular complexity index is 502. The van der Waals surface area contributed by atoms with E-state index in [4.69, 9.17) is 11.6 Å². The molecule has 2 rings (SSSR count). The molecular formula is C12H14ClNSi. The standard InChI is InChI=1S/C12H14ClNSi/c1-15(2,3)11-8-14-10-7-5-4-6-9(10)12(11)13/h4-8H,1-3H3. The van der Waals surface area contributed by atoms with Crippen LogP contribution in [-0.4, -0.2) is 13.1 Å². The Balaban J connectivity index is 2.76. The highest BCUT2D eigenvalue weighted by atomic mass is 35.5. The molecule has 0 spiro atoms. The van der Waals surface area contributed by atoms with Gasteiger partial charge in [-0.05, 0) is 11.3 Å². The van der Waals surface area contributed by atoms with E-state index in [-0.39, 0.29) is 0 Å². The van der Waals surface area contributed by atoms with Gasteiger partial charge in [0.2, 0.25) is 0 Å². The second-order valence-corrected chi connectivity index (χ2v) is 10.2. The van der Waals surface area contributed by atoms with E-state index in [0.29, 0.717) is 0 Å². The largest absolute Gasteiger partial charge is 0.256 e. The molecule has 2 aromatic rings. The van der Waals surface area contributed by atoms with Gasteiger partial charge in [-0.2, -0.15) is 0 Å². The maximum Gasteiger partial charge on any atom is 0.0816 e. The summed E-state index contributed by atoms with van der Waals surface area (Å²) in [5, 5.41) is 3.20. The Morgan fingerprint density at radius 3 is 2.47 bits per heavy atom. The van der Waals surface area contributed by atoms with Gasteiger partial charge >= 0.3 is 0 Å². The van der Waals surface area contributed by atoms with E-state index >= 15 is 0 Å². The third-order valence-corrected chi connectivity index (χ3v) is 5.08. The maximum absolute atomic E-state index is 6.42. The zero-order valence-electron chi connectivity index (χ0n) is 9.21. The normalized spacial score (nSPS) is 12.0. The van der Waals surface area contributed by atoms with Crippen LogP contribution in [0.2, 0.25) is 24.7 Å². The van der Waals surface area contributed by atoms with Gasteiger partial charge in [0.05, 0.1) is 18.6 Å². The summed E-state index contributed by atoms with van der Waals surface area (Å²) in [7, 11) is -1.39. The summed E-state index contributed by atoms with van der Waals surface area (Å²) in [6.07, 6.45) is 1.94. The third-order valence-electron chi connectivity index (χ3n) is 2.52. The van der Waals surface area contributed by atoms with Crippen LogP contribution in [0.5, 0.6) is 0 Å². The molecule has 0 amide bonds. The first-order valence-electron chi connectivity index (χ1n) is 5.04. The van der Waals surface area contributed by atoms with Gasteiger partial charge in [0.15, 0.2) is 0 Å². The molecule has 0 N–H and O–H groups in total. The van der Waals surface area contributed by atoms with E-state index in [1.165, 1.54) is 5.19 Å². The molecule has 0 saturated carbocycles. The van der Waals surface area contributed by atoms with Crippen molar-refractivity contribution in [1.82, 2.24) is 4.98 Å². The summed E-state index contributed by atoms with van der Waals surface area (Å²) >= 11 is 6.42. The number of fused-ring (bicyclic) bond motifs is 1. The van der Waals surface area contributed by atoms with E-state index in [9.17, 15) is 0 Å². The number of nitrogens with zero attached hydrogens (tertiary/aromatic N) is 1. The Morgan fingerprint density at radius 2 is 1.80 bits per heavy atom. The van der Waals surface area contributed by atoms with Crippen LogP contribution in [0.15, 0.2) is 30.5 Å². The molecule has 0 bridgehead atoms. The third kappa shape index (κ3) is 1.92. The summed E-state index contributed by atoms with van der Waals surface area (Å²) in [6.45, 7) is 6.85. The van der Waals surface area contributed by atoms with Crippen molar-refractivity contribution >= 4 is 35.8 Å². The molecule has 1 heterocycles. The summed E-state index contributed by atoms with van der Waals surface area (Å²) < 4.78 is 0. The van der Waals surface area contributed by atoms with Crippen LogP contribution in [0.4, 0.5) is 0 Å². The van der Waals surface area contributed by atoms with Gasteiger partial charge in [-0.3, -0.25) is 4.98 Å². The van der Waals surface area contributed by atoms with Crippen LogP contribution in [0.3, 0.4) is 0 Å². The molecule has 0 atom stereocenters. The first-order valence-corrected chi connectivity index (χ1v) is 8.91. The molecule has 0 aliphatic heterocycles. The van der Waals surface area contributed by atoms with Gasteiger partial charge in [0, 0.05) is 11.6 Å². The van der Waals surface area contributed by atoms with Gasteiger partial charge in [-0.1, -0.05) is 49.4 Å². The molecular weight excluding hydrogens is 222 g/mol. The minimum Gasteiger partial charge on any atom is -0.256 e. The predicted molar refractivity (Wildman–Crippen MR) is 69.7 cm³/mol. The van der Waals surface area contributed by atoms with Gasteiger partial charge in [0.25, 0.3) is 0 Å². The molecule has 1 aromatic carbocycles. The van der Waals surface area contributed by atoms with Crippen molar-refractivity contribution in [1.29, 1.82) is 0 Å². The van der Waals surface area contributed by atoms with Crippen LogP contribution in [-0.2, 0) is 0 Å². The Morgan fingerprint density at radius 1 is 1.13 bits per heavy atom. The average Bonchev–Trinajstić information content (AvgIpc) is 2.16. The van der Waals surface area contributed by atoms with E-state index in [1.807, 2.05) is 30.5 Å². The van der Waals surface area contributed by atoms with Crippen molar-refractivity contribution in [2.24, 2.45) is 0 Å². The minimum absolute atomic E-state index is 0.889. The molecule has 0 aliphatic rings. The first-order chi connectivity index (χ1) is 7.00. The molecule has 1 nitrogen and oxygen atoms in total. The summed E-state index contributed by atoms with van der Waals surface area (Å²) in [5.41, 5.74) is 0.976. The average molecular weight is 236 g/mol. The smallest absolute Gasteiger partial charge is 0.0816 e. The predicted octanol–water partition coefficient (Wildman–Crippen LogP) is 3.43. The number of halogens is 1. The Kier molecular flexibility index (Phi) is 2.57. The number of pyridine rings is 1. The fourth-order valence-electron chi connectivity index (χ4n) is 1.63. The topological polar surface area (TPSA) is 12.9 Å². The van der Waals surface area contributed by atoms with Crippen molar-refractivity contribution in [3.05, 3.63) is 35.5 Å². The molecule has 0 fully saturated rings. The zero-order valence-corrected chi connectivity index (χ0v) is 11.0. The van der Waals surface area contributed by atoms with E-state index in [0.717, 1.165) is 15.9 Å². The lowest BCUT2D eigenvalue weighted by Crippen LogP contribution is -2.38. The quantitative estimate of drug-likeness (QED) is 0.691. The van der Waals surface area contributed by atoms with Crippen LogP contribution in [0.25, 0.3) is 10.9 Å². The van der Waals surface area contributed by atoms with Gasteiger partial charge in [0.1, 0.15) is 0 Å². The van der Waals surface area contributed by atoms with E-state index in [1.54, 1.807) is 0 Å². The molecule has 3 heteroatoms. The van der Waals surface area contributed by atoms with Crippen molar-refractivity contribution in [2.45, 2.75) is 19.6 Å². The van der Waals surface area contributed by atoms with Crippen molar-refractivity contribution in [3.8, 4) is 0 Å². The van der Waals surface area contributed by atoms with E-state index < -0.39 is 8.07 Å². The summed E-state index contributed by atoms with van der Waals surface area (Å²) in [5.74, 6) is 0. The zero-order chi connectivity index (χ0) is 11.1. The van der Waals surface area contributed by atoms with Crippen LogP contribution in [0, 0.1) is 0 Å². The number of benzene rings is 1. The molecule has 0 saturated heterocycles. The lowest BCUT2D eigenvalue weighted by molar-refractivity contribution is 1.42. The minimum atomic E-state index is -1.39. The molecule has 78 valence electrons. The highest BCUT2D eigenvalue weighted by molar-refractivity contribution is 6.90. The second-order valence-electron chi connectivity index (χ2n) is 4.75. The summed E-state index contributed by atoms with van der Waals surface area (Å²) in [4.78, 5) is 4.46. The van der Waals surface area contributed by atoms with E-state index in [2.05, 4.69) is 24.6 Å². The van der Waals surface area contributed by atoms with Gasteiger partial charge in [-0.25, -0.2) is 0 Å². The van der Waals surface area contributed by atoms with Crippen LogP contribution < -0.4 is 5.19 Å². The first kappa shape index (κ1) is 10.6. The number of rotatable bonds is 1. The number of para-hydroxylation sites is 1. The lowest BCUT2D eigenvalue weighted by atomic mass is 10.2. The van der Waals surface area contributed by atoms with Crippen molar-refractivity contribution in [2.75, 3.05) is 0 Å². The fourth-order valence-corrected chi connectivity index (χ4v) is 3.93. The molecule has 0 radical (unpaired) electrons. The van der Waals surface area contributed by atoms with Crippen molar-refractivity contribution < 1.29 is 0 Å². The molecule has 0 aliphatic carbocycles. The number of hydrogen-bond acceptors (Lipinski definition) is 1. The Labute approximate surface area is 96.1 Å². The molecule has 0 unspecified atom stereocenters. The highest BCUT2D eigenvalue weighted by Crippen LogP contribution is 2.21. The lowest BCUT2D eigenvalue weighted by Gasteiger charge is -2.18.